The van der Waals surface area contributed by atoms with Gasteiger partial charge in [0.1, 0.15) is 0 Å². The molecule has 66 valence electrons. The van der Waals surface area contributed by atoms with Crippen molar-refractivity contribution in [2.45, 2.75) is 13.1 Å². The minimum atomic E-state index is 0.591. The molecule has 3 heteroatoms. The Labute approximate surface area is 69.4 Å². The van der Waals surface area contributed by atoms with Gasteiger partial charge in [-0.3, -0.25) is 9.80 Å². The molecule has 0 saturated carbocycles. The molecule has 0 aromatic carbocycles. The second kappa shape index (κ2) is 4.04. The van der Waals surface area contributed by atoms with E-state index >= 15 is 0 Å². The van der Waals surface area contributed by atoms with Crippen molar-refractivity contribution in [1.82, 2.24) is 15.1 Å². The van der Waals surface area contributed by atoms with Gasteiger partial charge in [-0.15, -0.1) is 0 Å². The van der Waals surface area contributed by atoms with Crippen molar-refractivity contribution in [3.8, 4) is 0 Å². The van der Waals surface area contributed by atoms with Crippen LogP contribution >= 0.6 is 0 Å². The van der Waals surface area contributed by atoms with Gasteiger partial charge in [0.25, 0.3) is 0 Å². The van der Waals surface area contributed by atoms with Crippen molar-refractivity contribution >= 4 is 0 Å². The molecule has 1 rings (SSSR count). The van der Waals surface area contributed by atoms with Crippen LogP contribution in [0.5, 0.6) is 0 Å². The molecular formula is C8H19N3. The molecule has 1 N–H and O–H groups in total. The summed E-state index contributed by atoms with van der Waals surface area (Å²) in [6.07, 6.45) is 0.591. The third-order valence-electron chi connectivity index (χ3n) is 2.33. The fourth-order valence-electron chi connectivity index (χ4n) is 1.61. The van der Waals surface area contributed by atoms with Crippen LogP contribution in [0.15, 0.2) is 0 Å². The van der Waals surface area contributed by atoms with Crippen molar-refractivity contribution in [2.24, 2.45) is 0 Å². The number of piperazine rings is 1. The van der Waals surface area contributed by atoms with Gasteiger partial charge >= 0.3 is 0 Å². The zero-order chi connectivity index (χ0) is 8.27. The van der Waals surface area contributed by atoms with Crippen molar-refractivity contribution in [3.63, 3.8) is 0 Å². The minimum absolute atomic E-state index is 0.591. The molecule has 0 spiro atoms. The van der Waals surface area contributed by atoms with Gasteiger partial charge in [0, 0.05) is 19.6 Å². The third kappa shape index (κ3) is 2.15. The molecule has 0 amide bonds. The van der Waals surface area contributed by atoms with Crippen LogP contribution in [0.3, 0.4) is 0 Å². The van der Waals surface area contributed by atoms with Gasteiger partial charge in [0.05, 0.1) is 6.17 Å². The molecular weight excluding hydrogens is 138 g/mol. The molecule has 1 fully saturated rings. The first-order valence-electron chi connectivity index (χ1n) is 4.37. The molecule has 0 radical (unpaired) electrons. The summed E-state index contributed by atoms with van der Waals surface area (Å²) in [5.74, 6) is 0. The van der Waals surface area contributed by atoms with Crippen molar-refractivity contribution < 1.29 is 0 Å². The normalized spacial score (nSPS) is 27.8. The van der Waals surface area contributed by atoms with Crippen LogP contribution in [0.2, 0.25) is 0 Å². The second-order valence-electron chi connectivity index (χ2n) is 3.28. The van der Waals surface area contributed by atoms with E-state index in [2.05, 4.69) is 36.1 Å². The van der Waals surface area contributed by atoms with Crippen molar-refractivity contribution in [1.29, 1.82) is 0 Å². The molecule has 0 bridgehead atoms. The Morgan fingerprint density at radius 1 is 1.55 bits per heavy atom. The standard InChI is InChI=1S/C8H19N3/c1-4-11-6-5-9-7-8(11)10(2)3/h8-9H,4-7H2,1-3H3. The largest absolute Gasteiger partial charge is 0.313 e. The fraction of sp³-hybridized carbons (Fsp3) is 1.00. The summed E-state index contributed by atoms with van der Waals surface area (Å²) in [4.78, 5) is 4.77. The fourth-order valence-corrected chi connectivity index (χ4v) is 1.61. The Balaban J connectivity index is 2.44. The molecule has 1 aliphatic heterocycles. The highest BCUT2D eigenvalue weighted by molar-refractivity contribution is 4.76. The van der Waals surface area contributed by atoms with Crippen molar-refractivity contribution in [3.05, 3.63) is 0 Å². The first-order chi connectivity index (χ1) is 5.25. The second-order valence-corrected chi connectivity index (χ2v) is 3.28. The van der Waals surface area contributed by atoms with Crippen LogP contribution in [-0.2, 0) is 0 Å². The Morgan fingerprint density at radius 3 is 2.73 bits per heavy atom. The summed E-state index contributed by atoms with van der Waals surface area (Å²) in [7, 11) is 4.28. The number of rotatable bonds is 2. The molecule has 1 atom stereocenters. The van der Waals surface area contributed by atoms with Gasteiger partial charge in [0.2, 0.25) is 0 Å². The zero-order valence-corrected chi connectivity index (χ0v) is 7.80. The van der Waals surface area contributed by atoms with Gasteiger partial charge in [-0.05, 0) is 20.6 Å². The maximum atomic E-state index is 3.40. The Kier molecular flexibility index (Phi) is 3.30. The van der Waals surface area contributed by atoms with Crippen LogP contribution in [0, 0.1) is 0 Å². The summed E-state index contributed by atoms with van der Waals surface area (Å²) >= 11 is 0. The van der Waals surface area contributed by atoms with E-state index in [1.807, 2.05) is 0 Å². The molecule has 1 saturated heterocycles. The summed E-state index contributed by atoms with van der Waals surface area (Å²) < 4.78 is 0. The van der Waals surface area contributed by atoms with E-state index in [0.29, 0.717) is 6.17 Å². The minimum Gasteiger partial charge on any atom is -0.313 e. The lowest BCUT2D eigenvalue weighted by atomic mass is 10.3. The number of hydrogen-bond donors (Lipinski definition) is 1. The number of nitrogens with zero attached hydrogens (tertiary/aromatic N) is 2. The highest BCUT2D eigenvalue weighted by atomic mass is 15.4. The molecule has 11 heavy (non-hydrogen) atoms. The molecule has 1 unspecified atom stereocenters. The molecule has 3 nitrogen and oxygen atoms in total. The SMILES string of the molecule is CCN1CCNCC1N(C)C. The molecule has 0 aromatic heterocycles. The van der Waals surface area contributed by atoms with Crippen LogP contribution in [0.4, 0.5) is 0 Å². The van der Waals surface area contributed by atoms with Gasteiger partial charge in [-0.25, -0.2) is 0 Å². The predicted octanol–water partition coefficient (Wildman–Crippen LogP) is -0.201. The lowest BCUT2D eigenvalue weighted by Gasteiger charge is -2.39. The smallest absolute Gasteiger partial charge is 0.0746 e. The summed E-state index contributed by atoms with van der Waals surface area (Å²) in [6, 6.07) is 0. The lowest BCUT2D eigenvalue weighted by molar-refractivity contribution is 0.0619. The first kappa shape index (κ1) is 8.97. The third-order valence-corrected chi connectivity index (χ3v) is 2.33. The highest BCUT2D eigenvalue weighted by Gasteiger charge is 2.21. The van der Waals surface area contributed by atoms with E-state index in [4.69, 9.17) is 0 Å². The summed E-state index contributed by atoms with van der Waals surface area (Å²) in [5, 5.41) is 3.40. The average molecular weight is 157 g/mol. The van der Waals surface area contributed by atoms with Crippen molar-refractivity contribution in [2.75, 3.05) is 40.3 Å². The summed E-state index contributed by atoms with van der Waals surface area (Å²) in [6.45, 7) is 6.80. The highest BCUT2D eigenvalue weighted by Crippen LogP contribution is 2.03. The van der Waals surface area contributed by atoms with E-state index in [9.17, 15) is 0 Å². The maximum absolute atomic E-state index is 3.40. The van der Waals surface area contributed by atoms with Crippen LogP contribution in [0.1, 0.15) is 6.92 Å². The van der Waals surface area contributed by atoms with E-state index in [0.717, 1.165) is 19.6 Å². The van der Waals surface area contributed by atoms with E-state index in [1.54, 1.807) is 0 Å². The zero-order valence-electron chi connectivity index (χ0n) is 7.80. The van der Waals surface area contributed by atoms with Crippen LogP contribution in [-0.4, -0.2) is 56.2 Å². The maximum Gasteiger partial charge on any atom is 0.0746 e. The predicted molar refractivity (Wildman–Crippen MR) is 47.6 cm³/mol. The topological polar surface area (TPSA) is 18.5 Å². The van der Waals surface area contributed by atoms with Crippen LogP contribution in [0.25, 0.3) is 0 Å². The summed E-state index contributed by atoms with van der Waals surface area (Å²) in [5.41, 5.74) is 0. The molecule has 1 heterocycles. The Morgan fingerprint density at radius 2 is 2.27 bits per heavy atom. The van der Waals surface area contributed by atoms with E-state index in [1.165, 1.54) is 6.54 Å². The van der Waals surface area contributed by atoms with Gasteiger partial charge in [0.15, 0.2) is 0 Å². The van der Waals surface area contributed by atoms with Gasteiger partial charge in [-0.1, -0.05) is 6.92 Å². The van der Waals surface area contributed by atoms with Crippen LogP contribution < -0.4 is 5.32 Å². The number of likely N-dealkylation sites (N-methyl/N-ethyl adjacent to an activating group) is 2. The first-order valence-corrected chi connectivity index (χ1v) is 4.37. The van der Waals surface area contributed by atoms with Gasteiger partial charge < -0.3 is 5.32 Å². The van der Waals surface area contributed by atoms with E-state index < -0.39 is 0 Å². The number of nitrogens with one attached hydrogen (secondary N) is 1. The molecule has 0 aliphatic carbocycles. The number of hydrogen-bond acceptors (Lipinski definition) is 3. The monoisotopic (exact) mass is 157 g/mol. The average Bonchev–Trinajstić information content (AvgIpc) is 2.04. The Hall–Kier alpha value is -0.120. The molecule has 0 aromatic rings. The van der Waals surface area contributed by atoms with Gasteiger partial charge in [-0.2, -0.15) is 0 Å². The lowest BCUT2D eigenvalue weighted by Crippen LogP contribution is -2.56. The quantitative estimate of drug-likeness (QED) is 0.599. The molecule has 1 aliphatic rings. The Bertz CT molecular complexity index is 114. The van der Waals surface area contributed by atoms with E-state index in [-0.39, 0.29) is 0 Å².